The van der Waals surface area contributed by atoms with E-state index in [1.807, 2.05) is 0 Å². The van der Waals surface area contributed by atoms with Gasteiger partial charge in [-0.1, -0.05) is 6.58 Å². The molecule has 2 heterocycles. The second-order valence-electron chi connectivity index (χ2n) is 6.27. The first-order chi connectivity index (χ1) is 8.53. The number of piperidine rings is 2. The van der Waals surface area contributed by atoms with Crippen LogP contribution < -0.4 is 0 Å². The number of carbonyl (C=O) groups excluding carboxylic acids is 1. The van der Waals surface area contributed by atoms with Gasteiger partial charge in [-0.3, -0.25) is 0 Å². The first-order valence-corrected chi connectivity index (χ1v) is 7.20. The van der Waals surface area contributed by atoms with Crippen molar-refractivity contribution in [1.29, 1.82) is 0 Å². The summed E-state index contributed by atoms with van der Waals surface area (Å²) in [5, 5.41) is 0. The molecule has 102 valence electrons. The molecular weight excluding hydrogens is 226 g/mol. The second-order valence-corrected chi connectivity index (χ2v) is 6.27. The van der Waals surface area contributed by atoms with Crippen LogP contribution in [0.1, 0.15) is 39.0 Å². The quantitative estimate of drug-likeness (QED) is 0.438. The summed E-state index contributed by atoms with van der Waals surface area (Å²) < 4.78 is 6.59. The molecule has 18 heavy (non-hydrogen) atoms. The van der Waals surface area contributed by atoms with Gasteiger partial charge >= 0.3 is 5.97 Å². The van der Waals surface area contributed by atoms with E-state index in [0.29, 0.717) is 24.1 Å². The topological polar surface area (TPSA) is 26.3 Å². The maximum absolute atomic E-state index is 11.5. The molecule has 2 aliphatic heterocycles. The van der Waals surface area contributed by atoms with Gasteiger partial charge in [0.2, 0.25) is 0 Å². The van der Waals surface area contributed by atoms with E-state index in [2.05, 4.69) is 13.6 Å². The van der Waals surface area contributed by atoms with E-state index in [0.717, 1.165) is 0 Å². The van der Waals surface area contributed by atoms with Crippen molar-refractivity contribution >= 4 is 5.97 Å². The number of hydrogen-bond acceptors (Lipinski definition) is 2. The van der Waals surface area contributed by atoms with Gasteiger partial charge in [0, 0.05) is 17.9 Å². The molecule has 3 heteroatoms. The normalized spacial score (nSPS) is 35.7. The Morgan fingerprint density at radius 3 is 2.72 bits per heavy atom. The van der Waals surface area contributed by atoms with Crippen LogP contribution in [0, 0.1) is 5.92 Å². The summed E-state index contributed by atoms with van der Waals surface area (Å²) in [6.45, 7) is 8.54. The monoisotopic (exact) mass is 252 g/mol. The minimum atomic E-state index is -0.231. The highest BCUT2D eigenvalue weighted by Crippen LogP contribution is 2.36. The SMILES string of the molecule is C=C(C)C(=O)OC[C@@H]1CCC[N@+]2(C)CCCC[C@H]12. The molecule has 0 aromatic rings. The Hall–Kier alpha value is -0.830. The number of rotatable bonds is 3. The van der Waals surface area contributed by atoms with E-state index in [4.69, 9.17) is 4.74 Å². The predicted octanol–water partition coefficient (Wildman–Crippen LogP) is 2.51. The highest BCUT2D eigenvalue weighted by molar-refractivity contribution is 5.86. The summed E-state index contributed by atoms with van der Waals surface area (Å²) in [5.41, 5.74) is 0.506. The van der Waals surface area contributed by atoms with Crippen LogP contribution in [0.2, 0.25) is 0 Å². The maximum atomic E-state index is 11.5. The number of carbonyl (C=O) groups is 1. The van der Waals surface area contributed by atoms with Crippen LogP contribution in [0.15, 0.2) is 12.2 Å². The molecule has 0 aromatic carbocycles. The van der Waals surface area contributed by atoms with Crippen LogP contribution in [0.3, 0.4) is 0 Å². The zero-order valence-electron chi connectivity index (χ0n) is 11.8. The van der Waals surface area contributed by atoms with Crippen LogP contribution in [0.25, 0.3) is 0 Å². The van der Waals surface area contributed by atoms with Crippen LogP contribution in [-0.2, 0) is 9.53 Å². The third-order valence-corrected chi connectivity index (χ3v) is 4.78. The molecule has 0 bridgehead atoms. The summed E-state index contributed by atoms with van der Waals surface area (Å²) in [7, 11) is 2.39. The van der Waals surface area contributed by atoms with Crippen molar-refractivity contribution < 1.29 is 14.0 Å². The highest BCUT2D eigenvalue weighted by atomic mass is 16.5. The number of ether oxygens (including phenoxy) is 1. The molecule has 0 N–H and O–H groups in total. The summed E-state index contributed by atoms with van der Waals surface area (Å²) >= 11 is 0. The second kappa shape index (κ2) is 5.43. The molecule has 0 amide bonds. The number of fused-ring (bicyclic) bond motifs is 1. The lowest BCUT2D eigenvalue weighted by Gasteiger charge is -2.51. The zero-order valence-corrected chi connectivity index (χ0v) is 11.8. The molecule has 0 aliphatic carbocycles. The van der Waals surface area contributed by atoms with Crippen LogP contribution in [0.4, 0.5) is 0 Å². The lowest BCUT2D eigenvalue weighted by Crippen LogP contribution is -2.61. The van der Waals surface area contributed by atoms with Gasteiger partial charge in [0.1, 0.15) is 6.61 Å². The maximum Gasteiger partial charge on any atom is 0.333 e. The Labute approximate surface area is 110 Å². The van der Waals surface area contributed by atoms with Crippen molar-refractivity contribution in [3.05, 3.63) is 12.2 Å². The van der Waals surface area contributed by atoms with E-state index in [-0.39, 0.29) is 5.97 Å². The van der Waals surface area contributed by atoms with Crippen molar-refractivity contribution in [2.45, 2.75) is 45.1 Å². The van der Waals surface area contributed by atoms with Crippen molar-refractivity contribution in [3.63, 3.8) is 0 Å². The molecule has 3 atom stereocenters. The largest absolute Gasteiger partial charge is 0.462 e. The summed E-state index contributed by atoms with van der Waals surface area (Å²) in [4.78, 5) is 11.5. The Bertz CT molecular complexity index is 335. The van der Waals surface area contributed by atoms with Gasteiger partial charge in [0.15, 0.2) is 0 Å². The number of nitrogens with zero attached hydrogens (tertiary/aromatic N) is 1. The first kappa shape index (κ1) is 13.6. The van der Waals surface area contributed by atoms with Gasteiger partial charge in [0.05, 0.1) is 26.2 Å². The molecule has 2 rings (SSSR count). The smallest absolute Gasteiger partial charge is 0.333 e. The van der Waals surface area contributed by atoms with E-state index in [1.165, 1.54) is 49.7 Å². The lowest BCUT2D eigenvalue weighted by molar-refractivity contribution is -0.947. The van der Waals surface area contributed by atoms with Crippen molar-refractivity contribution in [2.75, 3.05) is 26.7 Å². The molecule has 2 fully saturated rings. The van der Waals surface area contributed by atoms with Crippen LogP contribution in [-0.4, -0.2) is 43.2 Å². The average Bonchev–Trinajstić information content (AvgIpc) is 2.34. The van der Waals surface area contributed by atoms with Crippen molar-refractivity contribution in [3.8, 4) is 0 Å². The fourth-order valence-corrected chi connectivity index (χ4v) is 3.73. The minimum absolute atomic E-state index is 0.231. The van der Waals surface area contributed by atoms with Gasteiger partial charge in [-0.05, 0) is 32.6 Å². The molecule has 2 saturated heterocycles. The highest BCUT2D eigenvalue weighted by Gasteiger charge is 2.43. The Balaban J connectivity index is 1.95. The molecule has 0 aromatic heterocycles. The third kappa shape index (κ3) is 2.77. The number of quaternary nitrogens is 1. The summed E-state index contributed by atoms with van der Waals surface area (Å²) in [6, 6.07) is 0.699. The van der Waals surface area contributed by atoms with Crippen LogP contribution >= 0.6 is 0 Å². The molecule has 0 saturated carbocycles. The van der Waals surface area contributed by atoms with E-state index in [9.17, 15) is 4.79 Å². The average molecular weight is 252 g/mol. The van der Waals surface area contributed by atoms with Gasteiger partial charge in [-0.25, -0.2) is 4.79 Å². The molecule has 0 spiro atoms. The van der Waals surface area contributed by atoms with Gasteiger partial charge in [-0.15, -0.1) is 0 Å². The lowest BCUT2D eigenvalue weighted by atomic mass is 9.82. The predicted molar refractivity (Wildman–Crippen MR) is 72.1 cm³/mol. The third-order valence-electron chi connectivity index (χ3n) is 4.78. The summed E-state index contributed by atoms with van der Waals surface area (Å²) in [6.07, 6.45) is 6.46. The van der Waals surface area contributed by atoms with E-state index >= 15 is 0 Å². The zero-order chi connectivity index (χ0) is 13.2. The first-order valence-electron chi connectivity index (χ1n) is 7.20. The Kier molecular flexibility index (Phi) is 4.10. The van der Waals surface area contributed by atoms with E-state index in [1.54, 1.807) is 6.92 Å². The van der Waals surface area contributed by atoms with Crippen molar-refractivity contribution in [1.82, 2.24) is 0 Å². The number of hydrogen-bond donors (Lipinski definition) is 0. The summed E-state index contributed by atoms with van der Waals surface area (Å²) in [5.74, 6) is 0.318. The Morgan fingerprint density at radius 1 is 1.28 bits per heavy atom. The van der Waals surface area contributed by atoms with Gasteiger partial charge in [0.25, 0.3) is 0 Å². The number of esters is 1. The van der Waals surface area contributed by atoms with Gasteiger partial charge in [-0.2, -0.15) is 0 Å². The molecule has 3 nitrogen and oxygen atoms in total. The molecule has 0 unspecified atom stereocenters. The molecule has 0 radical (unpaired) electrons. The Morgan fingerprint density at radius 2 is 2.00 bits per heavy atom. The molecule has 2 aliphatic rings. The van der Waals surface area contributed by atoms with Crippen LogP contribution in [0.5, 0.6) is 0 Å². The van der Waals surface area contributed by atoms with E-state index < -0.39 is 0 Å². The fourth-order valence-electron chi connectivity index (χ4n) is 3.73. The minimum Gasteiger partial charge on any atom is -0.462 e. The van der Waals surface area contributed by atoms with Crippen molar-refractivity contribution in [2.24, 2.45) is 5.92 Å². The molecular formula is C15H26NO2+. The van der Waals surface area contributed by atoms with Gasteiger partial charge < -0.3 is 9.22 Å². The fraction of sp³-hybridized carbons (Fsp3) is 0.800. The standard InChI is InChI=1S/C15H26NO2/c1-12(2)15(17)18-11-13-7-6-10-16(3)9-5-4-8-14(13)16/h13-14H,1,4-11H2,2-3H3/q+1/t13-,14+,16-/m0/s1.